The molecular weight excluding hydrogens is 374 g/mol. The molecule has 0 saturated carbocycles. The van der Waals surface area contributed by atoms with E-state index in [1.807, 2.05) is 12.1 Å². The van der Waals surface area contributed by atoms with Gasteiger partial charge in [0.2, 0.25) is 0 Å². The van der Waals surface area contributed by atoms with Gasteiger partial charge in [-0.2, -0.15) is 0 Å². The smallest absolute Gasteiger partial charge is 0.222 e. The van der Waals surface area contributed by atoms with Crippen LogP contribution in [0.4, 0.5) is 0 Å². The molecule has 0 N–H and O–H groups in total. The van der Waals surface area contributed by atoms with Crippen molar-refractivity contribution >= 4 is 16.5 Å². The SMILES string of the molecule is O=[P+](Oc1ccccc1)Oc1cccc(O[P+](=O)Oc2ccccc2)c1. The normalized spacial score (nSPS) is 11.2. The average molecular weight is 388 g/mol. The lowest BCUT2D eigenvalue weighted by Crippen LogP contribution is -1.91. The minimum Gasteiger partial charge on any atom is -0.222 e. The van der Waals surface area contributed by atoms with Crippen LogP contribution in [0.1, 0.15) is 0 Å². The quantitative estimate of drug-likeness (QED) is 0.446. The summed E-state index contributed by atoms with van der Waals surface area (Å²) in [6.45, 7) is 0. The van der Waals surface area contributed by atoms with Crippen molar-refractivity contribution in [2.24, 2.45) is 0 Å². The Labute approximate surface area is 152 Å². The maximum atomic E-state index is 11.9. The minimum absolute atomic E-state index is 0.252. The second kappa shape index (κ2) is 8.95. The van der Waals surface area contributed by atoms with Gasteiger partial charge >= 0.3 is 16.5 Å². The summed E-state index contributed by atoms with van der Waals surface area (Å²) < 4.78 is 44.7. The van der Waals surface area contributed by atoms with E-state index in [0.717, 1.165) is 0 Å². The van der Waals surface area contributed by atoms with Crippen molar-refractivity contribution in [2.75, 3.05) is 0 Å². The molecule has 26 heavy (non-hydrogen) atoms. The highest BCUT2D eigenvalue weighted by Gasteiger charge is 2.27. The summed E-state index contributed by atoms with van der Waals surface area (Å²) in [5.74, 6) is 1.37. The molecule has 0 spiro atoms. The van der Waals surface area contributed by atoms with Crippen molar-refractivity contribution in [2.45, 2.75) is 0 Å². The molecule has 0 aliphatic carbocycles. The van der Waals surface area contributed by atoms with Crippen LogP contribution in [0.25, 0.3) is 0 Å². The van der Waals surface area contributed by atoms with Gasteiger partial charge in [0, 0.05) is 15.2 Å². The Kier molecular flexibility index (Phi) is 6.15. The van der Waals surface area contributed by atoms with E-state index >= 15 is 0 Å². The Morgan fingerprint density at radius 3 is 1.23 bits per heavy atom. The monoisotopic (exact) mass is 388 g/mol. The zero-order valence-electron chi connectivity index (χ0n) is 13.4. The lowest BCUT2D eigenvalue weighted by atomic mass is 10.3. The van der Waals surface area contributed by atoms with Crippen molar-refractivity contribution in [1.82, 2.24) is 0 Å². The van der Waals surface area contributed by atoms with Gasteiger partial charge in [0.05, 0.1) is 0 Å². The van der Waals surface area contributed by atoms with Gasteiger partial charge in [-0.05, 0) is 36.4 Å². The van der Waals surface area contributed by atoms with Crippen molar-refractivity contribution in [3.8, 4) is 23.0 Å². The second-order valence-electron chi connectivity index (χ2n) is 4.91. The van der Waals surface area contributed by atoms with Crippen LogP contribution < -0.4 is 18.1 Å². The van der Waals surface area contributed by atoms with E-state index in [-0.39, 0.29) is 11.5 Å². The maximum Gasteiger partial charge on any atom is 0.805 e. The fraction of sp³-hybridized carbons (Fsp3) is 0. The standard InChI is InChI=1S/C18H14O6P2/c19-25(21-15-8-3-1-4-9-15)23-17-12-7-13-18(14-17)24-26(20)22-16-10-5-2-6-11-16/h1-14H/q+2. The molecule has 0 amide bonds. The summed E-state index contributed by atoms with van der Waals surface area (Å²) in [6, 6.07) is 23.6. The van der Waals surface area contributed by atoms with Gasteiger partial charge in [0.25, 0.3) is 0 Å². The Morgan fingerprint density at radius 1 is 0.462 bits per heavy atom. The molecule has 6 nitrogen and oxygen atoms in total. The van der Waals surface area contributed by atoms with Crippen LogP contribution in [0.5, 0.6) is 23.0 Å². The van der Waals surface area contributed by atoms with Gasteiger partial charge in [0.1, 0.15) is 0 Å². The second-order valence-corrected chi connectivity index (χ2v) is 6.54. The van der Waals surface area contributed by atoms with Crippen molar-refractivity contribution in [1.29, 1.82) is 0 Å². The number of para-hydroxylation sites is 2. The molecule has 0 aliphatic rings. The lowest BCUT2D eigenvalue weighted by molar-refractivity contribution is 0.409. The highest BCUT2D eigenvalue weighted by atomic mass is 31.1. The van der Waals surface area contributed by atoms with E-state index in [2.05, 4.69) is 0 Å². The molecule has 3 aromatic rings. The van der Waals surface area contributed by atoms with Crippen molar-refractivity contribution in [3.63, 3.8) is 0 Å². The molecule has 3 aromatic carbocycles. The number of hydrogen-bond donors (Lipinski definition) is 0. The summed E-state index contributed by atoms with van der Waals surface area (Å²) in [6.07, 6.45) is 0. The number of benzene rings is 3. The molecule has 2 unspecified atom stereocenters. The molecule has 0 heterocycles. The summed E-state index contributed by atoms with van der Waals surface area (Å²) in [5.41, 5.74) is 0. The lowest BCUT2D eigenvalue weighted by Gasteiger charge is -1.96. The largest absolute Gasteiger partial charge is 0.805 e. The van der Waals surface area contributed by atoms with Crippen LogP contribution in [0, 0.1) is 0 Å². The molecule has 0 saturated heterocycles. The highest BCUT2D eigenvalue weighted by molar-refractivity contribution is 7.34. The van der Waals surface area contributed by atoms with Gasteiger partial charge in [-0.3, -0.25) is 0 Å². The summed E-state index contributed by atoms with van der Waals surface area (Å²) in [4.78, 5) is 0. The molecule has 2 atom stereocenters. The van der Waals surface area contributed by atoms with Gasteiger partial charge in [-0.25, -0.2) is 18.1 Å². The van der Waals surface area contributed by atoms with Crippen molar-refractivity contribution in [3.05, 3.63) is 84.9 Å². The molecular formula is C18H14O6P2+2. The van der Waals surface area contributed by atoms with Crippen molar-refractivity contribution < 1.29 is 27.2 Å². The Morgan fingerprint density at radius 2 is 0.808 bits per heavy atom. The first kappa shape index (κ1) is 17.9. The first-order valence-corrected chi connectivity index (χ1v) is 9.75. The van der Waals surface area contributed by atoms with E-state index in [0.29, 0.717) is 11.5 Å². The Balaban J connectivity index is 1.57. The van der Waals surface area contributed by atoms with Crippen LogP contribution >= 0.6 is 16.5 Å². The summed E-state index contributed by atoms with van der Waals surface area (Å²) in [5, 5.41) is 0. The zero-order valence-corrected chi connectivity index (χ0v) is 15.2. The summed E-state index contributed by atoms with van der Waals surface area (Å²) in [7, 11) is -4.83. The third-order valence-corrected chi connectivity index (χ3v) is 4.45. The molecule has 0 fully saturated rings. The fourth-order valence-electron chi connectivity index (χ4n) is 1.93. The Bertz CT molecular complexity index is 816. The highest BCUT2D eigenvalue weighted by Crippen LogP contribution is 2.35. The first-order chi connectivity index (χ1) is 12.7. The van der Waals surface area contributed by atoms with E-state index in [9.17, 15) is 9.13 Å². The molecule has 3 rings (SSSR count). The predicted molar refractivity (Wildman–Crippen MR) is 97.1 cm³/mol. The zero-order chi connectivity index (χ0) is 18.2. The Hall–Kier alpha value is -2.94. The fourth-order valence-corrected chi connectivity index (χ4v) is 3.17. The molecule has 8 heteroatoms. The van der Waals surface area contributed by atoms with Crippen LogP contribution in [-0.4, -0.2) is 0 Å². The van der Waals surface area contributed by atoms with E-state index in [1.165, 1.54) is 6.07 Å². The maximum absolute atomic E-state index is 11.9. The summed E-state index contributed by atoms with van der Waals surface area (Å²) >= 11 is 0. The van der Waals surface area contributed by atoms with Crippen LogP contribution in [0.2, 0.25) is 0 Å². The number of hydrogen-bond acceptors (Lipinski definition) is 6. The van der Waals surface area contributed by atoms with Crippen LogP contribution in [-0.2, 0) is 9.13 Å². The van der Waals surface area contributed by atoms with Gasteiger partial charge in [-0.1, -0.05) is 42.5 Å². The molecule has 130 valence electrons. The first-order valence-electron chi connectivity index (χ1n) is 7.55. The third-order valence-electron chi connectivity index (χ3n) is 3.01. The molecule has 0 radical (unpaired) electrons. The van der Waals surface area contributed by atoms with Gasteiger partial charge in [-0.15, -0.1) is 0 Å². The number of rotatable bonds is 8. The topological polar surface area (TPSA) is 71.1 Å². The molecule has 0 bridgehead atoms. The van der Waals surface area contributed by atoms with Crippen LogP contribution in [0.3, 0.4) is 0 Å². The van der Waals surface area contributed by atoms with Gasteiger partial charge in [0.15, 0.2) is 23.0 Å². The van der Waals surface area contributed by atoms with E-state index in [4.69, 9.17) is 18.1 Å². The van der Waals surface area contributed by atoms with E-state index < -0.39 is 16.5 Å². The molecule has 0 aromatic heterocycles. The van der Waals surface area contributed by atoms with Gasteiger partial charge < -0.3 is 0 Å². The minimum atomic E-state index is -2.42. The third kappa shape index (κ3) is 5.55. The van der Waals surface area contributed by atoms with Crippen LogP contribution in [0.15, 0.2) is 84.9 Å². The average Bonchev–Trinajstić information content (AvgIpc) is 2.63. The molecule has 0 aliphatic heterocycles. The predicted octanol–water partition coefficient (Wildman–Crippen LogP) is 5.92. The van der Waals surface area contributed by atoms with E-state index in [1.54, 1.807) is 66.7 Å².